The van der Waals surface area contributed by atoms with Crippen molar-refractivity contribution >= 4 is 27.9 Å². The van der Waals surface area contributed by atoms with E-state index in [9.17, 15) is 20.9 Å². The number of aliphatic hydroxyl groups is 2. The number of likely N-dealkylation sites (tertiary alicyclic amines) is 1. The second-order valence-corrected chi connectivity index (χ2v) is 13.8. The van der Waals surface area contributed by atoms with Gasteiger partial charge in [0, 0.05) is 55.3 Å². The van der Waals surface area contributed by atoms with Gasteiger partial charge in [0.15, 0.2) is 5.82 Å². The summed E-state index contributed by atoms with van der Waals surface area (Å²) in [6, 6.07) is 4.47. The molecule has 2 aliphatic heterocycles. The van der Waals surface area contributed by atoms with Gasteiger partial charge in [0.1, 0.15) is 34.5 Å². The standard InChI is InChI=1S/C32H44N8O3S/c1-20(23-7-5-11-38(23)2)43-26-18-25(40-14-12-39(13-15-40)16-17-41)36-31(37-26)28(34)21-6-3-9-32(29(21)42)10-4-8-24-27(32)22(19-33)30(35)44-24/h18,20,23,34,41-42H,3-17,35H2,1-2H3/t20-,23-,32-/m0/s1. The van der Waals surface area contributed by atoms with Crippen LogP contribution in [0, 0.1) is 16.7 Å². The lowest BCUT2D eigenvalue weighted by molar-refractivity contribution is 0.117. The van der Waals surface area contributed by atoms with Gasteiger partial charge in [0.2, 0.25) is 5.88 Å². The first-order valence-corrected chi connectivity index (χ1v) is 16.7. The second kappa shape index (κ2) is 12.6. The molecule has 12 heteroatoms. The Morgan fingerprint density at radius 1 is 1.20 bits per heavy atom. The summed E-state index contributed by atoms with van der Waals surface area (Å²) in [6.07, 6.45) is 6.60. The zero-order valence-corrected chi connectivity index (χ0v) is 26.6. The van der Waals surface area contributed by atoms with Crippen LogP contribution in [0.15, 0.2) is 17.4 Å². The van der Waals surface area contributed by atoms with E-state index in [4.69, 9.17) is 20.4 Å². The first-order chi connectivity index (χ1) is 21.3. The fourth-order valence-corrected chi connectivity index (χ4v) is 8.97. The Morgan fingerprint density at radius 2 is 1.95 bits per heavy atom. The van der Waals surface area contributed by atoms with E-state index in [2.05, 4.69) is 34.7 Å². The Balaban J connectivity index is 1.36. The van der Waals surface area contributed by atoms with Gasteiger partial charge in [-0.05, 0) is 77.4 Å². The monoisotopic (exact) mass is 620 g/mol. The predicted molar refractivity (Wildman–Crippen MR) is 172 cm³/mol. The van der Waals surface area contributed by atoms with Crippen LogP contribution in [0.4, 0.5) is 10.8 Å². The molecule has 2 saturated heterocycles. The molecule has 0 saturated carbocycles. The Kier molecular flexibility index (Phi) is 8.84. The molecule has 3 atom stereocenters. The normalized spacial score (nSPS) is 25.2. The molecule has 4 aliphatic rings. The van der Waals surface area contributed by atoms with E-state index in [1.165, 1.54) is 11.3 Å². The molecule has 0 bridgehead atoms. The van der Waals surface area contributed by atoms with Gasteiger partial charge in [0.25, 0.3) is 0 Å². The van der Waals surface area contributed by atoms with Gasteiger partial charge in [-0.1, -0.05) is 0 Å². The molecule has 0 amide bonds. The summed E-state index contributed by atoms with van der Waals surface area (Å²) in [4.78, 5) is 17.5. The molecule has 11 nitrogen and oxygen atoms in total. The average Bonchev–Trinajstić information content (AvgIpc) is 3.61. The summed E-state index contributed by atoms with van der Waals surface area (Å²) >= 11 is 1.46. The Labute approximate surface area is 263 Å². The van der Waals surface area contributed by atoms with Crippen molar-refractivity contribution in [1.29, 1.82) is 10.7 Å². The number of anilines is 2. The quantitative estimate of drug-likeness (QED) is 0.321. The van der Waals surface area contributed by atoms with Gasteiger partial charge < -0.3 is 25.6 Å². The van der Waals surface area contributed by atoms with Crippen molar-refractivity contribution in [3.05, 3.63) is 39.2 Å². The summed E-state index contributed by atoms with van der Waals surface area (Å²) in [6.45, 7) is 6.98. The number of nitrogen functional groups attached to an aromatic ring is 1. The summed E-state index contributed by atoms with van der Waals surface area (Å²) < 4.78 is 6.47. The van der Waals surface area contributed by atoms with Crippen LogP contribution in [0.1, 0.15) is 73.7 Å². The van der Waals surface area contributed by atoms with Gasteiger partial charge in [-0.2, -0.15) is 10.2 Å². The molecule has 2 fully saturated rings. The lowest BCUT2D eigenvalue weighted by atomic mass is 9.63. The zero-order valence-electron chi connectivity index (χ0n) is 25.8. The summed E-state index contributed by atoms with van der Waals surface area (Å²) in [7, 11) is 2.12. The van der Waals surface area contributed by atoms with Crippen LogP contribution in [-0.2, 0) is 11.8 Å². The van der Waals surface area contributed by atoms with Crippen LogP contribution in [-0.4, -0.2) is 101 Å². The van der Waals surface area contributed by atoms with E-state index in [1.807, 2.05) is 6.07 Å². The van der Waals surface area contributed by atoms with E-state index < -0.39 is 5.41 Å². The lowest BCUT2D eigenvalue weighted by Gasteiger charge is -2.41. The summed E-state index contributed by atoms with van der Waals surface area (Å²) in [5.41, 5.74) is 7.55. The highest BCUT2D eigenvalue weighted by atomic mass is 32.1. The van der Waals surface area contributed by atoms with E-state index >= 15 is 0 Å². The minimum absolute atomic E-state index is 0.0895. The number of β-amino-alcohol motifs (C(OH)–C–C–N with tert-alkyl or cyclic N) is 1. The number of aryl methyl sites for hydroxylation is 1. The topological polar surface area (TPSA) is 159 Å². The van der Waals surface area contributed by atoms with Crippen LogP contribution >= 0.6 is 11.3 Å². The van der Waals surface area contributed by atoms with Crippen molar-refractivity contribution < 1.29 is 14.9 Å². The van der Waals surface area contributed by atoms with E-state index in [0.717, 1.165) is 75.3 Å². The predicted octanol–water partition coefficient (Wildman–Crippen LogP) is 3.61. The van der Waals surface area contributed by atoms with Gasteiger partial charge in [-0.15, -0.1) is 11.3 Å². The lowest BCUT2D eigenvalue weighted by Crippen LogP contribution is -2.47. The Morgan fingerprint density at radius 3 is 2.64 bits per heavy atom. The third-order valence-electron chi connectivity index (χ3n) is 10.1. The number of rotatable bonds is 8. The molecule has 0 unspecified atom stereocenters. The number of likely N-dealkylation sites (N-methyl/N-ethyl adjacent to an activating group) is 1. The number of hydrogen-bond acceptors (Lipinski definition) is 12. The summed E-state index contributed by atoms with van der Waals surface area (Å²) in [5.74, 6) is 1.54. The SMILES string of the molecule is C[C@H](Oc1cc(N2CCN(CCO)CC2)nc(C(=N)C2=C(O)[C@@]3(CCC2)CCCc2sc(N)c(C#N)c23)n1)[C@@H]1CCCN1C. The fourth-order valence-electron chi connectivity index (χ4n) is 7.81. The first-order valence-electron chi connectivity index (χ1n) is 15.9. The number of nitrogens with zero attached hydrogens (tertiary/aromatic N) is 6. The maximum Gasteiger partial charge on any atom is 0.219 e. The van der Waals surface area contributed by atoms with Gasteiger partial charge in [-0.3, -0.25) is 15.2 Å². The second-order valence-electron chi connectivity index (χ2n) is 12.7. The van der Waals surface area contributed by atoms with Crippen LogP contribution < -0.4 is 15.4 Å². The zero-order chi connectivity index (χ0) is 31.0. The maximum atomic E-state index is 12.0. The molecule has 2 aromatic heterocycles. The van der Waals surface area contributed by atoms with E-state index in [0.29, 0.717) is 53.6 Å². The smallest absolute Gasteiger partial charge is 0.219 e. The molecule has 5 N–H and O–H groups in total. The first kappa shape index (κ1) is 30.8. The summed E-state index contributed by atoms with van der Waals surface area (Å²) in [5, 5.41) is 41.3. The fraction of sp³-hybridized carbons (Fsp3) is 0.625. The minimum atomic E-state index is -0.714. The third kappa shape index (κ3) is 5.55. The number of ether oxygens (including phenoxy) is 1. The number of fused-ring (bicyclic) bond motifs is 2. The van der Waals surface area contributed by atoms with Gasteiger partial charge >= 0.3 is 0 Å². The largest absolute Gasteiger partial charge is 0.511 e. The highest BCUT2D eigenvalue weighted by Crippen LogP contribution is 2.54. The highest BCUT2D eigenvalue weighted by molar-refractivity contribution is 7.16. The number of piperazine rings is 1. The van der Waals surface area contributed by atoms with Crippen LogP contribution in [0.5, 0.6) is 5.88 Å². The Hall–Kier alpha value is -3.24. The van der Waals surface area contributed by atoms with Crippen molar-refractivity contribution in [2.45, 2.75) is 75.9 Å². The molecule has 4 heterocycles. The van der Waals surface area contributed by atoms with Crippen LogP contribution in [0.3, 0.4) is 0 Å². The minimum Gasteiger partial charge on any atom is -0.511 e. The highest BCUT2D eigenvalue weighted by Gasteiger charge is 2.47. The van der Waals surface area contributed by atoms with Crippen LogP contribution in [0.2, 0.25) is 0 Å². The Bertz CT molecular complexity index is 1480. The number of aromatic nitrogens is 2. The molecule has 0 aromatic carbocycles. The molecule has 2 aromatic rings. The van der Waals surface area contributed by atoms with Crippen molar-refractivity contribution in [2.24, 2.45) is 0 Å². The number of nitriles is 1. The van der Waals surface area contributed by atoms with E-state index in [-0.39, 0.29) is 36.0 Å². The van der Waals surface area contributed by atoms with Gasteiger partial charge in [-0.25, -0.2) is 4.98 Å². The maximum absolute atomic E-state index is 12.0. The molecule has 2 aliphatic carbocycles. The molecule has 6 rings (SSSR count). The number of thiophene rings is 1. The molecular formula is C32H44N8O3S. The number of aliphatic hydroxyl groups excluding tert-OH is 2. The molecule has 0 radical (unpaired) electrons. The molecule has 1 spiro atoms. The van der Waals surface area contributed by atoms with Crippen molar-refractivity contribution in [1.82, 2.24) is 19.8 Å². The van der Waals surface area contributed by atoms with Crippen LogP contribution in [0.25, 0.3) is 0 Å². The van der Waals surface area contributed by atoms with Gasteiger partial charge in [0.05, 0.1) is 17.6 Å². The molecular weight excluding hydrogens is 576 g/mol. The number of nitrogens with two attached hydrogens (primary N) is 1. The molecule has 44 heavy (non-hydrogen) atoms. The number of nitrogens with one attached hydrogen (secondary N) is 1. The third-order valence-corrected chi connectivity index (χ3v) is 11.2. The van der Waals surface area contributed by atoms with Crippen molar-refractivity contribution in [3.63, 3.8) is 0 Å². The molecule has 236 valence electrons. The van der Waals surface area contributed by atoms with Crippen molar-refractivity contribution in [2.75, 3.05) is 63.6 Å². The number of hydrogen-bond donors (Lipinski definition) is 4. The van der Waals surface area contributed by atoms with Crippen molar-refractivity contribution in [3.8, 4) is 11.9 Å². The average molecular weight is 621 g/mol. The number of allylic oxidation sites excluding steroid dienone is 2. The van der Waals surface area contributed by atoms with E-state index in [1.54, 1.807) is 0 Å².